The number of hydrogen-bond acceptors (Lipinski definition) is 5. The van der Waals surface area contributed by atoms with Crippen molar-refractivity contribution in [2.24, 2.45) is 11.1 Å². The lowest BCUT2D eigenvalue weighted by Gasteiger charge is -2.43. The quantitative estimate of drug-likeness (QED) is 0.346. The molecule has 3 aromatic rings. The molecule has 1 aliphatic carbocycles. The zero-order valence-electron chi connectivity index (χ0n) is 20.5. The van der Waals surface area contributed by atoms with Crippen LogP contribution in [0.25, 0.3) is 5.69 Å². The Hall–Kier alpha value is -3.05. The van der Waals surface area contributed by atoms with Crippen molar-refractivity contribution in [2.75, 3.05) is 4.90 Å². The van der Waals surface area contributed by atoms with Gasteiger partial charge in [-0.15, -0.1) is 0 Å². The van der Waals surface area contributed by atoms with Crippen LogP contribution in [0.15, 0.2) is 75.7 Å². The Morgan fingerprint density at radius 2 is 1.84 bits per heavy atom. The fraction of sp³-hybridized carbons (Fsp3) is 0.250. The highest BCUT2D eigenvalue weighted by Gasteiger charge is 2.46. The number of carbonyl (C=O) groups is 1. The van der Waals surface area contributed by atoms with Crippen LogP contribution < -0.4 is 10.6 Å². The minimum absolute atomic E-state index is 0.0235. The molecular formula is C28H24BrCl2N5O. The third-order valence-electron chi connectivity index (χ3n) is 6.86. The largest absolute Gasteiger partial charge is 0.384 e. The summed E-state index contributed by atoms with van der Waals surface area (Å²) < 4.78 is 2.50. The Labute approximate surface area is 234 Å². The third-order valence-corrected chi connectivity index (χ3v) is 7.98. The number of anilines is 1. The van der Waals surface area contributed by atoms with Gasteiger partial charge in [-0.1, -0.05) is 59.0 Å². The molecule has 5 rings (SSSR count). The first-order chi connectivity index (χ1) is 17.5. The first-order valence-corrected chi connectivity index (χ1v) is 13.3. The molecule has 2 heterocycles. The predicted octanol–water partition coefficient (Wildman–Crippen LogP) is 7.19. The van der Waals surface area contributed by atoms with Crippen molar-refractivity contribution in [3.05, 3.63) is 97.1 Å². The number of ketones is 1. The number of aromatic nitrogens is 2. The van der Waals surface area contributed by atoms with Gasteiger partial charge in [-0.2, -0.15) is 10.4 Å². The molecule has 37 heavy (non-hydrogen) atoms. The summed E-state index contributed by atoms with van der Waals surface area (Å²) in [6.07, 6.45) is 0.966. The normalized spacial score (nSPS) is 19.2. The molecule has 6 nitrogen and oxygen atoms in total. The molecule has 2 aromatic carbocycles. The van der Waals surface area contributed by atoms with Crippen LogP contribution in [-0.2, 0) is 4.79 Å². The fourth-order valence-corrected chi connectivity index (χ4v) is 6.13. The van der Waals surface area contributed by atoms with Gasteiger partial charge in [0.25, 0.3) is 0 Å². The standard InChI is InChI=1S/C28H24BrCl2N5O/c1-15-23(26(31)36(34-15)19-6-4-5-17(30)11-19)24-20(14-32)27(33)35(18-9-7-16(29)8-10-18)21-12-28(2,3)13-22(37)25(21)24/h4-11,24H,12-13,33H2,1-3H3. The van der Waals surface area contributed by atoms with Crippen LogP contribution in [0.3, 0.4) is 0 Å². The predicted molar refractivity (Wildman–Crippen MR) is 150 cm³/mol. The van der Waals surface area contributed by atoms with Gasteiger partial charge in [-0.05, 0) is 61.2 Å². The lowest BCUT2D eigenvalue weighted by atomic mass is 9.68. The van der Waals surface area contributed by atoms with Gasteiger partial charge in [0, 0.05) is 38.4 Å². The van der Waals surface area contributed by atoms with Crippen LogP contribution in [-0.4, -0.2) is 15.6 Å². The van der Waals surface area contributed by atoms with E-state index in [1.807, 2.05) is 48.2 Å². The van der Waals surface area contributed by atoms with Crippen LogP contribution in [0.5, 0.6) is 0 Å². The summed E-state index contributed by atoms with van der Waals surface area (Å²) in [6, 6.07) is 17.1. The Morgan fingerprint density at radius 1 is 1.14 bits per heavy atom. The van der Waals surface area contributed by atoms with Crippen LogP contribution in [0, 0.1) is 23.7 Å². The molecule has 0 fully saturated rings. The van der Waals surface area contributed by atoms with Crippen LogP contribution in [0.1, 0.15) is 43.9 Å². The van der Waals surface area contributed by atoms with Crippen molar-refractivity contribution < 1.29 is 4.79 Å². The number of carbonyl (C=O) groups excluding carboxylic acids is 1. The van der Waals surface area contributed by atoms with E-state index < -0.39 is 5.92 Å². The van der Waals surface area contributed by atoms with Crippen molar-refractivity contribution in [3.8, 4) is 11.8 Å². The zero-order chi connectivity index (χ0) is 26.6. The SMILES string of the molecule is Cc1nn(-c2cccc(Cl)c2)c(Cl)c1C1C(C#N)=C(N)N(c2ccc(Br)cc2)C2=C1C(=O)CC(C)(C)C2. The van der Waals surface area contributed by atoms with Crippen molar-refractivity contribution in [2.45, 2.75) is 39.5 Å². The summed E-state index contributed by atoms with van der Waals surface area (Å²) in [6.45, 7) is 5.96. The highest BCUT2D eigenvalue weighted by molar-refractivity contribution is 9.10. The van der Waals surface area contributed by atoms with Crippen molar-refractivity contribution in [1.82, 2.24) is 9.78 Å². The molecule has 0 saturated heterocycles. The molecular weight excluding hydrogens is 573 g/mol. The lowest BCUT2D eigenvalue weighted by Crippen LogP contribution is -2.42. The van der Waals surface area contributed by atoms with Crippen LogP contribution >= 0.6 is 39.1 Å². The van der Waals surface area contributed by atoms with Crippen molar-refractivity contribution in [1.29, 1.82) is 5.26 Å². The van der Waals surface area contributed by atoms with E-state index in [-0.39, 0.29) is 22.6 Å². The lowest BCUT2D eigenvalue weighted by molar-refractivity contribution is -0.118. The van der Waals surface area contributed by atoms with Gasteiger partial charge < -0.3 is 5.73 Å². The van der Waals surface area contributed by atoms with Gasteiger partial charge in [-0.25, -0.2) is 4.68 Å². The number of nitrogens with two attached hydrogens (primary N) is 1. The maximum Gasteiger partial charge on any atom is 0.162 e. The number of allylic oxidation sites excluding steroid dienone is 3. The molecule has 0 saturated carbocycles. The highest BCUT2D eigenvalue weighted by Crippen LogP contribution is 2.51. The van der Waals surface area contributed by atoms with Gasteiger partial charge in [0.1, 0.15) is 11.0 Å². The molecule has 0 spiro atoms. The first-order valence-electron chi connectivity index (χ1n) is 11.7. The van der Waals surface area contributed by atoms with Gasteiger partial charge in [0.15, 0.2) is 5.78 Å². The summed E-state index contributed by atoms with van der Waals surface area (Å²) >= 11 is 16.6. The number of aryl methyl sites for hydroxylation is 1. The van der Waals surface area contributed by atoms with Gasteiger partial charge in [0.2, 0.25) is 0 Å². The maximum absolute atomic E-state index is 13.8. The van der Waals surface area contributed by atoms with Gasteiger partial charge in [0.05, 0.1) is 28.9 Å². The van der Waals surface area contributed by atoms with Crippen LogP contribution in [0.2, 0.25) is 10.2 Å². The zero-order valence-corrected chi connectivity index (χ0v) is 23.6. The van der Waals surface area contributed by atoms with Crippen LogP contribution in [0.4, 0.5) is 5.69 Å². The smallest absolute Gasteiger partial charge is 0.162 e. The van der Waals surface area contributed by atoms with E-state index in [4.69, 9.17) is 28.9 Å². The second kappa shape index (κ2) is 9.36. The Bertz CT molecular complexity index is 1550. The van der Waals surface area contributed by atoms with Gasteiger partial charge >= 0.3 is 0 Å². The second-order valence-electron chi connectivity index (χ2n) is 10.1. The van der Waals surface area contributed by atoms with E-state index in [1.165, 1.54) is 0 Å². The highest BCUT2D eigenvalue weighted by atomic mass is 79.9. The summed E-state index contributed by atoms with van der Waals surface area (Å²) in [5.41, 5.74) is 10.7. The van der Waals surface area contributed by atoms with Crippen molar-refractivity contribution in [3.63, 3.8) is 0 Å². The number of benzene rings is 2. The molecule has 188 valence electrons. The topological polar surface area (TPSA) is 87.9 Å². The van der Waals surface area contributed by atoms with Gasteiger partial charge in [-0.3, -0.25) is 9.69 Å². The minimum atomic E-state index is -0.726. The van der Waals surface area contributed by atoms with E-state index in [9.17, 15) is 10.1 Å². The van der Waals surface area contributed by atoms with E-state index >= 15 is 0 Å². The Kier molecular flexibility index (Phi) is 6.47. The summed E-state index contributed by atoms with van der Waals surface area (Å²) in [5, 5.41) is 15.9. The summed E-state index contributed by atoms with van der Waals surface area (Å²) in [5.74, 6) is -0.467. The maximum atomic E-state index is 13.8. The Morgan fingerprint density at radius 3 is 2.49 bits per heavy atom. The molecule has 1 aromatic heterocycles. The summed E-state index contributed by atoms with van der Waals surface area (Å²) in [7, 11) is 0. The molecule has 0 amide bonds. The third kappa shape index (κ3) is 4.37. The van der Waals surface area contributed by atoms with E-state index in [0.717, 1.165) is 15.9 Å². The van der Waals surface area contributed by atoms with E-state index in [2.05, 4.69) is 40.9 Å². The average Bonchev–Trinajstić information content (AvgIpc) is 3.12. The molecule has 9 heteroatoms. The monoisotopic (exact) mass is 595 g/mol. The number of halogens is 3. The molecule has 2 aliphatic rings. The molecule has 1 atom stereocenters. The molecule has 2 N–H and O–H groups in total. The average molecular weight is 597 g/mol. The molecule has 0 bridgehead atoms. The summed E-state index contributed by atoms with van der Waals surface area (Å²) in [4.78, 5) is 15.7. The number of nitriles is 1. The first kappa shape index (κ1) is 25.6. The fourth-order valence-electron chi connectivity index (χ4n) is 5.30. The molecule has 1 unspecified atom stereocenters. The molecule has 1 aliphatic heterocycles. The number of Topliss-reactive ketones (excluding diaryl/α,β-unsaturated/α-hetero) is 1. The number of nitrogens with zero attached hydrogens (tertiary/aromatic N) is 4. The Balaban J connectivity index is 1.77. The second-order valence-corrected chi connectivity index (χ2v) is 11.8. The number of rotatable bonds is 3. The molecule has 0 radical (unpaired) electrons. The van der Waals surface area contributed by atoms with E-state index in [1.54, 1.807) is 16.8 Å². The number of hydrogen-bond donors (Lipinski definition) is 1. The van der Waals surface area contributed by atoms with E-state index in [0.29, 0.717) is 45.5 Å². The minimum Gasteiger partial charge on any atom is -0.384 e. The van der Waals surface area contributed by atoms with Crippen molar-refractivity contribution >= 4 is 50.6 Å².